The van der Waals surface area contributed by atoms with Gasteiger partial charge in [-0.15, -0.1) is 0 Å². The number of aliphatic hydroxyl groups excluding tert-OH is 1. The van der Waals surface area contributed by atoms with Crippen LogP contribution < -0.4 is 4.90 Å². The molecule has 0 aliphatic carbocycles. The van der Waals surface area contributed by atoms with Crippen LogP contribution in [0.1, 0.15) is 38.2 Å². The fourth-order valence-electron chi connectivity index (χ4n) is 3.27. The molecule has 7 heteroatoms. The maximum absolute atomic E-state index is 12.9. The number of halogens is 3. The van der Waals surface area contributed by atoms with Crippen LogP contribution in [0.2, 0.25) is 0 Å². The number of rotatable bonds is 10. The lowest BCUT2D eigenvalue weighted by Crippen LogP contribution is -2.49. The van der Waals surface area contributed by atoms with Gasteiger partial charge in [0.1, 0.15) is 0 Å². The largest absolute Gasteiger partial charge is 0.416 e. The third-order valence-electron chi connectivity index (χ3n) is 4.83. The normalized spacial score (nSPS) is 17.3. The average Bonchev–Trinajstić information content (AvgIpc) is 2.64. The minimum atomic E-state index is -4.32. The molecular weight excluding hydrogens is 357 g/mol. The van der Waals surface area contributed by atoms with E-state index < -0.39 is 17.8 Å². The van der Waals surface area contributed by atoms with Crippen molar-refractivity contribution >= 4 is 5.69 Å². The van der Waals surface area contributed by atoms with E-state index >= 15 is 0 Å². The summed E-state index contributed by atoms with van der Waals surface area (Å²) in [5, 5.41) is 10.1. The first-order valence-electron chi connectivity index (χ1n) is 9.80. The first-order chi connectivity index (χ1) is 12.9. The molecule has 27 heavy (non-hydrogen) atoms. The van der Waals surface area contributed by atoms with Crippen molar-refractivity contribution in [1.29, 1.82) is 0 Å². The van der Waals surface area contributed by atoms with Crippen molar-refractivity contribution in [2.75, 3.05) is 50.8 Å². The van der Waals surface area contributed by atoms with Crippen LogP contribution in [0.5, 0.6) is 0 Å². The van der Waals surface area contributed by atoms with E-state index in [2.05, 4.69) is 11.8 Å². The highest BCUT2D eigenvalue weighted by Crippen LogP contribution is 2.31. The van der Waals surface area contributed by atoms with Gasteiger partial charge >= 0.3 is 6.18 Å². The highest BCUT2D eigenvalue weighted by molar-refractivity contribution is 5.49. The summed E-state index contributed by atoms with van der Waals surface area (Å²) in [6, 6.07) is 5.47. The van der Waals surface area contributed by atoms with Crippen LogP contribution in [0.4, 0.5) is 18.9 Å². The predicted octanol–water partition coefficient (Wildman–Crippen LogP) is 3.79. The second-order valence-corrected chi connectivity index (χ2v) is 7.13. The second-order valence-electron chi connectivity index (χ2n) is 7.13. The SMILES string of the molecule is CCCCCCOCC(O)CN1CCN(c2cccc(C(F)(F)F)c2)CC1. The van der Waals surface area contributed by atoms with E-state index in [9.17, 15) is 18.3 Å². The molecule has 4 nitrogen and oxygen atoms in total. The number of piperazine rings is 1. The van der Waals surface area contributed by atoms with Crippen LogP contribution in [0.3, 0.4) is 0 Å². The summed E-state index contributed by atoms with van der Waals surface area (Å²) >= 11 is 0. The van der Waals surface area contributed by atoms with Gasteiger partial charge in [-0.1, -0.05) is 32.3 Å². The Morgan fingerprint density at radius 3 is 2.52 bits per heavy atom. The molecule has 0 spiro atoms. The van der Waals surface area contributed by atoms with Gasteiger partial charge < -0.3 is 14.7 Å². The Hall–Kier alpha value is -1.31. The number of hydrogen-bond acceptors (Lipinski definition) is 4. The molecule has 0 saturated carbocycles. The monoisotopic (exact) mass is 388 g/mol. The fraction of sp³-hybridized carbons (Fsp3) is 0.700. The lowest BCUT2D eigenvalue weighted by atomic mass is 10.1. The summed E-state index contributed by atoms with van der Waals surface area (Å²) in [4.78, 5) is 4.09. The smallest absolute Gasteiger partial charge is 0.389 e. The Labute approximate surface area is 159 Å². The molecule has 1 unspecified atom stereocenters. The number of unbranched alkanes of at least 4 members (excludes halogenated alkanes) is 3. The van der Waals surface area contributed by atoms with Crippen LogP contribution in [-0.2, 0) is 10.9 Å². The van der Waals surface area contributed by atoms with Gasteiger partial charge in [0.05, 0.1) is 18.3 Å². The summed E-state index contributed by atoms with van der Waals surface area (Å²) in [6.07, 6.45) is -0.271. The number of alkyl halides is 3. The number of anilines is 1. The molecule has 0 bridgehead atoms. The van der Waals surface area contributed by atoms with Crippen molar-refractivity contribution in [3.63, 3.8) is 0 Å². The van der Waals surface area contributed by atoms with Crippen LogP contribution in [0.25, 0.3) is 0 Å². The molecule has 1 fully saturated rings. The summed E-state index contributed by atoms with van der Waals surface area (Å²) in [5.41, 5.74) is -0.0191. The van der Waals surface area contributed by atoms with E-state index in [1.54, 1.807) is 6.07 Å². The lowest BCUT2D eigenvalue weighted by Gasteiger charge is -2.37. The highest BCUT2D eigenvalue weighted by atomic mass is 19.4. The molecule has 1 heterocycles. The number of ether oxygens (including phenoxy) is 1. The molecule has 1 atom stereocenters. The van der Waals surface area contributed by atoms with Crippen molar-refractivity contribution in [2.45, 2.75) is 44.9 Å². The third kappa shape index (κ3) is 7.68. The maximum Gasteiger partial charge on any atom is 0.416 e. The Bertz CT molecular complexity index is 546. The number of aliphatic hydroxyl groups is 1. The minimum absolute atomic E-state index is 0.333. The van der Waals surface area contributed by atoms with Crippen molar-refractivity contribution in [2.24, 2.45) is 0 Å². The predicted molar refractivity (Wildman–Crippen MR) is 101 cm³/mol. The van der Waals surface area contributed by atoms with Crippen LogP contribution in [0.15, 0.2) is 24.3 Å². The van der Waals surface area contributed by atoms with Gasteiger partial charge in [0.2, 0.25) is 0 Å². The van der Waals surface area contributed by atoms with Gasteiger partial charge in [0.25, 0.3) is 0 Å². The van der Waals surface area contributed by atoms with Crippen LogP contribution >= 0.6 is 0 Å². The zero-order valence-electron chi connectivity index (χ0n) is 16.0. The van der Waals surface area contributed by atoms with Gasteiger partial charge in [0, 0.05) is 45.0 Å². The van der Waals surface area contributed by atoms with Gasteiger partial charge in [-0.2, -0.15) is 13.2 Å². The standard InChI is InChI=1S/C20H31F3N2O2/c1-2-3-4-5-13-27-16-19(26)15-24-9-11-25(12-10-24)18-8-6-7-17(14-18)20(21,22)23/h6-8,14,19,26H,2-5,9-13,15-16H2,1H3. The topological polar surface area (TPSA) is 35.9 Å². The van der Waals surface area contributed by atoms with Crippen molar-refractivity contribution in [3.8, 4) is 0 Å². The number of β-amino-alcohol motifs (C(OH)–C–C–N with tert-alkyl or cyclic N) is 1. The van der Waals surface area contributed by atoms with E-state index in [-0.39, 0.29) is 0 Å². The Morgan fingerprint density at radius 2 is 1.85 bits per heavy atom. The van der Waals surface area contributed by atoms with Gasteiger partial charge in [-0.3, -0.25) is 4.90 Å². The van der Waals surface area contributed by atoms with Crippen molar-refractivity contribution < 1.29 is 23.0 Å². The van der Waals surface area contributed by atoms with Gasteiger partial charge in [-0.25, -0.2) is 0 Å². The summed E-state index contributed by atoms with van der Waals surface area (Å²) in [6.45, 7) is 6.43. The van der Waals surface area contributed by atoms with Crippen molar-refractivity contribution in [3.05, 3.63) is 29.8 Å². The molecular formula is C20H31F3N2O2. The number of benzene rings is 1. The van der Waals surface area contributed by atoms with E-state index in [1.807, 2.05) is 4.90 Å². The lowest BCUT2D eigenvalue weighted by molar-refractivity contribution is -0.137. The molecule has 0 radical (unpaired) electrons. The Morgan fingerprint density at radius 1 is 1.11 bits per heavy atom. The molecule has 1 aliphatic rings. The third-order valence-corrected chi connectivity index (χ3v) is 4.83. The molecule has 2 rings (SSSR count). The minimum Gasteiger partial charge on any atom is -0.389 e. The maximum atomic E-state index is 12.9. The zero-order valence-corrected chi connectivity index (χ0v) is 16.0. The van der Waals surface area contributed by atoms with Crippen LogP contribution in [0, 0.1) is 0 Å². The molecule has 1 saturated heterocycles. The van der Waals surface area contributed by atoms with E-state index in [1.165, 1.54) is 25.0 Å². The quantitative estimate of drug-likeness (QED) is 0.619. The molecule has 154 valence electrons. The van der Waals surface area contributed by atoms with Crippen molar-refractivity contribution in [1.82, 2.24) is 4.90 Å². The molecule has 1 aromatic rings. The van der Waals surface area contributed by atoms with Gasteiger partial charge in [-0.05, 0) is 24.6 Å². The Balaban J connectivity index is 1.69. The molecule has 0 amide bonds. The first kappa shape index (κ1) is 22.0. The van der Waals surface area contributed by atoms with E-state index in [4.69, 9.17) is 4.74 Å². The first-order valence-corrected chi connectivity index (χ1v) is 9.80. The van der Waals surface area contributed by atoms with E-state index in [0.717, 1.165) is 18.9 Å². The summed E-state index contributed by atoms with van der Waals surface area (Å²) < 4.78 is 44.1. The number of hydrogen-bond donors (Lipinski definition) is 1. The number of nitrogens with zero attached hydrogens (tertiary/aromatic N) is 2. The molecule has 0 aromatic heterocycles. The Kier molecular flexibility index (Phi) is 8.86. The zero-order chi connectivity index (χ0) is 19.7. The summed E-state index contributed by atoms with van der Waals surface area (Å²) in [5.74, 6) is 0. The molecule has 1 aromatic carbocycles. The molecule has 1 aliphatic heterocycles. The molecule has 1 N–H and O–H groups in total. The fourth-order valence-corrected chi connectivity index (χ4v) is 3.27. The highest BCUT2D eigenvalue weighted by Gasteiger charge is 2.31. The van der Waals surface area contributed by atoms with E-state index in [0.29, 0.717) is 51.6 Å². The van der Waals surface area contributed by atoms with Crippen LogP contribution in [-0.4, -0.2) is 62.0 Å². The average molecular weight is 388 g/mol. The second kappa shape index (κ2) is 10.9. The van der Waals surface area contributed by atoms with Gasteiger partial charge in [0.15, 0.2) is 0 Å². The summed E-state index contributed by atoms with van der Waals surface area (Å²) in [7, 11) is 0.